The van der Waals surface area contributed by atoms with Gasteiger partial charge in [0, 0.05) is 5.92 Å². The second-order valence-corrected chi connectivity index (χ2v) is 6.82. The molecule has 0 N–H and O–H groups in total. The van der Waals surface area contributed by atoms with E-state index < -0.39 is 0 Å². The molecule has 3 aromatic carbocycles. The molecule has 2 aliphatic rings. The minimum absolute atomic E-state index is 0. The van der Waals surface area contributed by atoms with Crippen LogP contribution in [0.1, 0.15) is 30.5 Å². The van der Waals surface area contributed by atoms with E-state index in [0.29, 0.717) is 5.92 Å². The predicted octanol–water partition coefficient (Wildman–Crippen LogP) is -0.205. The SMILES string of the molecule is CC1=C(c2cc3c([cH-]c4ccccc43)c3c2CC3)C(C)C=C1.[Cl-].[Cl-].[Zr+3]. The molecule has 1 radical (unpaired) electrons. The van der Waals surface area contributed by atoms with E-state index in [2.05, 4.69) is 62.4 Å². The minimum atomic E-state index is 0. The molecule has 0 aromatic heterocycles. The number of benzene rings is 2. The molecule has 0 fully saturated rings. The zero-order chi connectivity index (χ0) is 14.8. The molecule has 5 rings (SSSR count). The van der Waals surface area contributed by atoms with Gasteiger partial charge in [0.1, 0.15) is 0 Å². The summed E-state index contributed by atoms with van der Waals surface area (Å²) in [6.45, 7) is 4.58. The van der Waals surface area contributed by atoms with Crippen molar-refractivity contribution in [2.24, 2.45) is 5.92 Å². The second kappa shape index (κ2) is 7.47. The maximum Gasteiger partial charge on any atom is 3.00 e. The zero-order valence-electron chi connectivity index (χ0n) is 14.4. The number of fused-ring (bicyclic) bond motifs is 5. The second-order valence-electron chi connectivity index (χ2n) is 6.82. The first-order valence-corrected chi connectivity index (χ1v) is 8.26. The van der Waals surface area contributed by atoms with Crippen LogP contribution in [0, 0.1) is 5.92 Å². The Hall–Kier alpha value is -0.747. The molecule has 2 aliphatic carbocycles. The summed E-state index contributed by atoms with van der Waals surface area (Å²) in [5.74, 6) is 0.545. The van der Waals surface area contributed by atoms with Gasteiger partial charge in [0.25, 0.3) is 0 Å². The third-order valence-electron chi connectivity index (χ3n) is 5.57. The molecule has 0 amide bonds. The van der Waals surface area contributed by atoms with Gasteiger partial charge >= 0.3 is 26.2 Å². The number of hydrogen-bond donors (Lipinski definition) is 0. The van der Waals surface area contributed by atoms with Crippen molar-refractivity contribution in [3.8, 4) is 0 Å². The van der Waals surface area contributed by atoms with Crippen LogP contribution in [0.2, 0.25) is 0 Å². The summed E-state index contributed by atoms with van der Waals surface area (Å²) in [5.41, 5.74) is 7.70. The number of aryl methyl sites for hydroxylation is 1. The Kier molecular flexibility index (Phi) is 6.15. The summed E-state index contributed by atoms with van der Waals surface area (Å²) in [4.78, 5) is 0. The van der Waals surface area contributed by atoms with Crippen molar-refractivity contribution in [1.29, 1.82) is 0 Å². The van der Waals surface area contributed by atoms with Gasteiger partial charge in [-0.15, -0.1) is 39.2 Å². The van der Waals surface area contributed by atoms with E-state index >= 15 is 0 Å². The molecule has 125 valence electrons. The van der Waals surface area contributed by atoms with Crippen molar-refractivity contribution in [1.82, 2.24) is 0 Å². The van der Waals surface area contributed by atoms with E-state index in [4.69, 9.17) is 0 Å². The fourth-order valence-electron chi connectivity index (χ4n) is 4.38. The van der Waals surface area contributed by atoms with Gasteiger partial charge in [-0.2, -0.15) is 0 Å². The van der Waals surface area contributed by atoms with Crippen LogP contribution >= 0.6 is 0 Å². The van der Waals surface area contributed by atoms with E-state index in [1.54, 1.807) is 16.7 Å². The average Bonchev–Trinajstić information content (AvgIpc) is 2.98. The number of hydrogen-bond acceptors (Lipinski definition) is 0. The first kappa shape index (κ1) is 20.6. The van der Waals surface area contributed by atoms with Crippen LogP contribution in [0.25, 0.3) is 27.1 Å². The number of rotatable bonds is 1. The molecule has 1 unspecified atom stereocenters. The van der Waals surface area contributed by atoms with Crippen molar-refractivity contribution < 1.29 is 51.0 Å². The van der Waals surface area contributed by atoms with Crippen molar-refractivity contribution in [3.63, 3.8) is 0 Å². The van der Waals surface area contributed by atoms with Crippen LogP contribution in [0.4, 0.5) is 0 Å². The van der Waals surface area contributed by atoms with Gasteiger partial charge in [0.2, 0.25) is 0 Å². The minimum Gasteiger partial charge on any atom is -1.00 e. The van der Waals surface area contributed by atoms with E-state index in [1.807, 2.05) is 0 Å². The summed E-state index contributed by atoms with van der Waals surface area (Å²) < 4.78 is 0. The third-order valence-corrected chi connectivity index (χ3v) is 5.57. The smallest absolute Gasteiger partial charge is 1.00 e. The van der Waals surface area contributed by atoms with Crippen molar-refractivity contribution in [2.45, 2.75) is 26.7 Å². The number of allylic oxidation sites excluding steroid dienone is 4. The summed E-state index contributed by atoms with van der Waals surface area (Å²) in [6.07, 6.45) is 7.11. The molecule has 3 heteroatoms. The monoisotopic (exact) mass is 443 g/mol. The molecule has 1 atom stereocenters. The molecule has 25 heavy (non-hydrogen) atoms. The maximum absolute atomic E-state index is 2.47. The molecular formula is C22H19Cl2Zr. The van der Waals surface area contributed by atoms with E-state index in [1.165, 1.54) is 45.5 Å². The largest absolute Gasteiger partial charge is 3.00 e. The van der Waals surface area contributed by atoms with Crippen LogP contribution in [0.15, 0.2) is 54.1 Å². The van der Waals surface area contributed by atoms with Crippen LogP contribution in [-0.2, 0) is 39.0 Å². The summed E-state index contributed by atoms with van der Waals surface area (Å²) in [6, 6.07) is 13.7. The molecule has 0 nitrogen and oxygen atoms in total. The molecule has 0 bridgehead atoms. The molecule has 3 aromatic rings. The van der Waals surface area contributed by atoms with Gasteiger partial charge < -0.3 is 24.8 Å². The first-order valence-electron chi connectivity index (χ1n) is 8.26. The molecule has 0 heterocycles. The molecule has 0 saturated heterocycles. The zero-order valence-corrected chi connectivity index (χ0v) is 18.3. The van der Waals surface area contributed by atoms with Gasteiger partial charge in [-0.1, -0.05) is 55.3 Å². The topological polar surface area (TPSA) is 0 Å². The fourth-order valence-corrected chi connectivity index (χ4v) is 4.38. The maximum atomic E-state index is 2.47. The Bertz CT molecular complexity index is 1010. The predicted molar refractivity (Wildman–Crippen MR) is 95.4 cm³/mol. The van der Waals surface area contributed by atoms with E-state index in [0.717, 1.165) is 0 Å². The fraction of sp³-hybridized carbons (Fsp3) is 0.227. The standard InChI is InChI=1S/C22H19.2ClH.Zr/c1-13-7-8-14(2)22(13)21-12-20-16-6-4-3-5-15(16)11-19(20)17-9-10-18(17)21;;;/h3-8,11-13H,9-10H2,1-2H3;2*1H;/q-1;;;+3/p-2. The summed E-state index contributed by atoms with van der Waals surface area (Å²) in [5, 5.41) is 5.73. The Balaban J connectivity index is 0.000000751. The summed E-state index contributed by atoms with van der Waals surface area (Å²) >= 11 is 0. The van der Waals surface area contributed by atoms with Gasteiger partial charge in [0.15, 0.2) is 0 Å². The normalized spacial score (nSPS) is 17.6. The van der Waals surface area contributed by atoms with Crippen LogP contribution in [-0.4, -0.2) is 0 Å². The van der Waals surface area contributed by atoms with Crippen molar-refractivity contribution in [2.75, 3.05) is 0 Å². The van der Waals surface area contributed by atoms with E-state index in [9.17, 15) is 0 Å². The molecule has 0 spiro atoms. The van der Waals surface area contributed by atoms with Crippen LogP contribution in [0.3, 0.4) is 0 Å². The van der Waals surface area contributed by atoms with Crippen molar-refractivity contribution in [3.05, 3.63) is 70.8 Å². The third kappa shape index (κ3) is 2.89. The van der Waals surface area contributed by atoms with Crippen LogP contribution in [0.5, 0.6) is 0 Å². The van der Waals surface area contributed by atoms with Gasteiger partial charge in [-0.25, -0.2) is 0 Å². The number of halogens is 2. The quantitative estimate of drug-likeness (QED) is 0.455. The Morgan fingerprint density at radius 3 is 2.36 bits per heavy atom. The Labute approximate surface area is 180 Å². The van der Waals surface area contributed by atoms with Crippen molar-refractivity contribution >= 4 is 27.1 Å². The molecule has 0 saturated carbocycles. The molecular weight excluding hydrogens is 426 g/mol. The van der Waals surface area contributed by atoms with Gasteiger partial charge in [0.05, 0.1) is 0 Å². The van der Waals surface area contributed by atoms with Gasteiger partial charge in [-0.05, 0) is 30.1 Å². The molecule has 0 aliphatic heterocycles. The van der Waals surface area contributed by atoms with E-state index in [-0.39, 0.29) is 51.0 Å². The van der Waals surface area contributed by atoms with Gasteiger partial charge in [-0.3, -0.25) is 0 Å². The van der Waals surface area contributed by atoms with Crippen LogP contribution < -0.4 is 24.8 Å². The Morgan fingerprint density at radius 1 is 1.00 bits per heavy atom. The first-order chi connectivity index (χ1) is 10.7. The average molecular weight is 446 g/mol. The summed E-state index contributed by atoms with van der Waals surface area (Å²) in [7, 11) is 0. The Morgan fingerprint density at radius 2 is 1.72 bits per heavy atom.